The van der Waals surface area contributed by atoms with Gasteiger partial charge in [-0.3, -0.25) is 0 Å². The van der Waals surface area contributed by atoms with Crippen molar-refractivity contribution in [3.63, 3.8) is 0 Å². The fourth-order valence-corrected chi connectivity index (χ4v) is 6.34. The van der Waals surface area contributed by atoms with Crippen LogP contribution in [-0.4, -0.2) is 0 Å². The zero-order chi connectivity index (χ0) is 28.6. The molecule has 0 N–H and O–H groups in total. The normalized spacial score (nSPS) is 11.3. The van der Waals surface area contributed by atoms with Crippen molar-refractivity contribution in [1.29, 1.82) is 0 Å². The van der Waals surface area contributed by atoms with Crippen LogP contribution in [0.15, 0.2) is 176 Å². The highest BCUT2D eigenvalue weighted by Crippen LogP contribution is 2.43. The Kier molecular flexibility index (Phi) is 6.20. The maximum atomic E-state index is 2.40. The summed E-state index contributed by atoms with van der Waals surface area (Å²) in [5, 5.41) is 7.60. The molecular weight excluding hydrogens is 518 g/mol. The van der Waals surface area contributed by atoms with Crippen LogP contribution in [0.3, 0.4) is 0 Å². The molecule has 0 saturated heterocycles. The van der Waals surface area contributed by atoms with Crippen molar-refractivity contribution in [2.24, 2.45) is 0 Å². The Hall–Kier alpha value is -5.66. The summed E-state index contributed by atoms with van der Waals surface area (Å²) in [5.74, 6) is 0. The van der Waals surface area contributed by atoms with E-state index in [1.165, 1.54) is 54.6 Å². The van der Waals surface area contributed by atoms with Crippen LogP contribution in [0.1, 0.15) is 0 Å². The number of fused-ring (bicyclic) bond motifs is 5. The largest absolute Gasteiger partial charge is 0.310 e. The van der Waals surface area contributed by atoms with Gasteiger partial charge in [0.1, 0.15) is 0 Å². The first-order valence-electron chi connectivity index (χ1n) is 14.8. The standard InChI is InChI=1S/C42H29N/c1-3-11-30(12-4-1)31-19-24-35(25-20-31)43(42-18-10-9-17-38(42)32-13-5-2-6-14-32)36-26-21-34-23-27-39-37-16-8-7-15-33(37)22-28-40(39)41(34)29-36/h1-29H. The van der Waals surface area contributed by atoms with Crippen LogP contribution in [0.5, 0.6) is 0 Å². The smallest absolute Gasteiger partial charge is 0.0540 e. The Balaban J connectivity index is 1.35. The van der Waals surface area contributed by atoms with Crippen LogP contribution in [0.25, 0.3) is 54.6 Å². The number of nitrogens with zero attached hydrogens (tertiary/aromatic N) is 1. The van der Waals surface area contributed by atoms with Gasteiger partial charge in [0.2, 0.25) is 0 Å². The minimum atomic E-state index is 1.12. The lowest BCUT2D eigenvalue weighted by Crippen LogP contribution is -2.11. The molecule has 0 aliphatic carbocycles. The van der Waals surface area contributed by atoms with E-state index >= 15 is 0 Å². The summed E-state index contributed by atoms with van der Waals surface area (Å²) in [6.45, 7) is 0. The lowest BCUT2D eigenvalue weighted by Gasteiger charge is -2.28. The second-order valence-electron chi connectivity index (χ2n) is 11.0. The SMILES string of the molecule is c1ccc(-c2ccc(N(c3ccc4ccc5c6ccccc6ccc5c4c3)c3ccccc3-c3ccccc3)cc2)cc1. The van der Waals surface area contributed by atoms with Crippen LogP contribution in [0.4, 0.5) is 17.1 Å². The van der Waals surface area contributed by atoms with E-state index in [1.54, 1.807) is 0 Å². The van der Waals surface area contributed by atoms with Gasteiger partial charge in [0.25, 0.3) is 0 Å². The molecule has 0 unspecified atom stereocenters. The number of para-hydroxylation sites is 1. The predicted octanol–water partition coefficient (Wildman–Crippen LogP) is 11.9. The van der Waals surface area contributed by atoms with Crippen molar-refractivity contribution in [3.8, 4) is 22.3 Å². The number of rotatable bonds is 5. The molecule has 0 bridgehead atoms. The molecule has 1 heteroatoms. The zero-order valence-electron chi connectivity index (χ0n) is 23.7. The number of benzene rings is 8. The average molecular weight is 548 g/mol. The highest BCUT2D eigenvalue weighted by Gasteiger charge is 2.18. The molecule has 8 aromatic carbocycles. The second kappa shape index (κ2) is 10.6. The fourth-order valence-electron chi connectivity index (χ4n) is 6.34. The number of hydrogen-bond donors (Lipinski definition) is 0. The molecule has 0 aliphatic heterocycles. The van der Waals surface area contributed by atoms with Crippen LogP contribution in [0, 0.1) is 0 Å². The molecule has 0 heterocycles. The van der Waals surface area contributed by atoms with Gasteiger partial charge in [-0.25, -0.2) is 0 Å². The highest BCUT2D eigenvalue weighted by molar-refractivity contribution is 6.17. The van der Waals surface area contributed by atoms with Crippen LogP contribution >= 0.6 is 0 Å². The van der Waals surface area contributed by atoms with Gasteiger partial charge in [-0.1, -0.05) is 146 Å². The van der Waals surface area contributed by atoms with Gasteiger partial charge >= 0.3 is 0 Å². The van der Waals surface area contributed by atoms with Gasteiger partial charge < -0.3 is 4.90 Å². The molecule has 202 valence electrons. The van der Waals surface area contributed by atoms with Crippen molar-refractivity contribution < 1.29 is 0 Å². The van der Waals surface area contributed by atoms with Gasteiger partial charge in [0.05, 0.1) is 5.69 Å². The van der Waals surface area contributed by atoms with Gasteiger partial charge in [0, 0.05) is 16.9 Å². The zero-order valence-corrected chi connectivity index (χ0v) is 23.7. The lowest BCUT2D eigenvalue weighted by atomic mass is 9.96. The van der Waals surface area contributed by atoms with Gasteiger partial charge in [0.15, 0.2) is 0 Å². The van der Waals surface area contributed by atoms with E-state index in [4.69, 9.17) is 0 Å². The van der Waals surface area contributed by atoms with Gasteiger partial charge in [-0.15, -0.1) is 0 Å². The van der Waals surface area contributed by atoms with Crippen molar-refractivity contribution in [2.75, 3.05) is 4.90 Å². The summed E-state index contributed by atoms with van der Waals surface area (Å²) in [7, 11) is 0. The average Bonchev–Trinajstić information content (AvgIpc) is 3.09. The van der Waals surface area contributed by atoms with Crippen molar-refractivity contribution in [3.05, 3.63) is 176 Å². The first-order valence-corrected chi connectivity index (χ1v) is 14.8. The summed E-state index contributed by atoms with van der Waals surface area (Å²) in [6, 6.07) is 63.5. The number of hydrogen-bond acceptors (Lipinski definition) is 1. The Morgan fingerprint density at radius 1 is 0.302 bits per heavy atom. The van der Waals surface area contributed by atoms with Gasteiger partial charge in [-0.05, 0) is 79.3 Å². The van der Waals surface area contributed by atoms with Crippen molar-refractivity contribution >= 4 is 49.4 Å². The molecule has 0 aromatic heterocycles. The summed E-state index contributed by atoms with van der Waals surface area (Å²) in [5.41, 5.74) is 8.20. The molecule has 0 aliphatic rings. The first-order chi connectivity index (χ1) is 21.3. The molecule has 43 heavy (non-hydrogen) atoms. The third kappa shape index (κ3) is 4.52. The van der Waals surface area contributed by atoms with E-state index in [0.717, 1.165) is 17.1 Å². The molecular formula is C42H29N. The predicted molar refractivity (Wildman–Crippen MR) is 185 cm³/mol. The lowest BCUT2D eigenvalue weighted by molar-refractivity contribution is 1.29. The third-order valence-electron chi connectivity index (χ3n) is 8.45. The first kappa shape index (κ1) is 25.1. The van der Waals surface area contributed by atoms with E-state index in [2.05, 4.69) is 181 Å². The van der Waals surface area contributed by atoms with Crippen molar-refractivity contribution in [1.82, 2.24) is 0 Å². The van der Waals surface area contributed by atoms with Crippen molar-refractivity contribution in [2.45, 2.75) is 0 Å². The van der Waals surface area contributed by atoms with E-state index in [1.807, 2.05) is 0 Å². The molecule has 8 rings (SSSR count). The molecule has 0 amide bonds. The Morgan fingerprint density at radius 2 is 0.837 bits per heavy atom. The van der Waals surface area contributed by atoms with E-state index in [-0.39, 0.29) is 0 Å². The molecule has 0 radical (unpaired) electrons. The second-order valence-corrected chi connectivity index (χ2v) is 11.0. The Labute approximate surface area is 251 Å². The minimum absolute atomic E-state index is 1.12. The third-order valence-corrected chi connectivity index (χ3v) is 8.45. The molecule has 0 saturated carbocycles. The van der Waals surface area contributed by atoms with Crippen LogP contribution in [-0.2, 0) is 0 Å². The summed E-state index contributed by atoms with van der Waals surface area (Å²) in [6.07, 6.45) is 0. The molecule has 0 fully saturated rings. The summed E-state index contributed by atoms with van der Waals surface area (Å²) < 4.78 is 0. The Bertz CT molecular complexity index is 2220. The molecule has 1 nitrogen and oxygen atoms in total. The topological polar surface area (TPSA) is 3.24 Å². The summed E-state index contributed by atoms with van der Waals surface area (Å²) in [4.78, 5) is 2.40. The van der Waals surface area contributed by atoms with Gasteiger partial charge in [-0.2, -0.15) is 0 Å². The number of anilines is 3. The maximum absolute atomic E-state index is 2.40. The fraction of sp³-hybridized carbons (Fsp3) is 0. The maximum Gasteiger partial charge on any atom is 0.0540 e. The minimum Gasteiger partial charge on any atom is -0.310 e. The monoisotopic (exact) mass is 547 g/mol. The van der Waals surface area contributed by atoms with E-state index < -0.39 is 0 Å². The molecule has 8 aromatic rings. The van der Waals surface area contributed by atoms with E-state index in [0.29, 0.717) is 0 Å². The van der Waals surface area contributed by atoms with Crippen LogP contribution < -0.4 is 4.90 Å². The summed E-state index contributed by atoms with van der Waals surface area (Å²) >= 11 is 0. The quantitative estimate of drug-likeness (QED) is 0.194. The molecule has 0 spiro atoms. The highest BCUT2D eigenvalue weighted by atomic mass is 15.1. The Morgan fingerprint density at radius 3 is 1.60 bits per heavy atom. The van der Waals surface area contributed by atoms with E-state index in [9.17, 15) is 0 Å². The van der Waals surface area contributed by atoms with Crippen LogP contribution in [0.2, 0.25) is 0 Å². The molecule has 0 atom stereocenters.